The molecule has 0 amide bonds. The van der Waals surface area contributed by atoms with Crippen molar-refractivity contribution in [2.45, 2.75) is 57.9 Å². The molecule has 2 nitrogen and oxygen atoms in total. The molecule has 0 aromatic rings. The zero-order valence-corrected chi connectivity index (χ0v) is 14.7. The molecule has 122 valence electrons. The molecule has 0 radical (unpaired) electrons. The van der Waals surface area contributed by atoms with Crippen molar-refractivity contribution in [2.75, 3.05) is 31.8 Å². The lowest BCUT2D eigenvalue weighted by Gasteiger charge is -2.59. The van der Waals surface area contributed by atoms with Gasteiger partial charge >= 0.3 is 0 Å². The summed E-state index contributed by atoms with van der Waals surface area (Å²) in [7, 11) is 1.81. The highest BCUT2D eigenvalue weighted by Gasteiger charge is 2.53. The Morgan fingerprint density at radius 1 is 1.14 bits per heavy atom. The van der Waals surface area contributed by atoms with E-state index in [9.17, 15) is 0 Å². The summed E-state index contributed by atoms with van der Waals surface area (Å²) in [5, 5.41) is 3.88. The van der Waals surface area contributed by atoms with Crippen LogP contribution in [0.15, 0.2) is 0 Å². The summed E-state index contributed by atoms with van der Waals surface area (Å²) in [6, 6.07) is 0.753. The highest BCUT2D eigenvalue weighted by molar-refractivity contribution is 7.99. The van der Waals surface area contributed by atoms with E-state index in [4.69, 9.17) is 4.74 Å². The van der Waals surface area contributed by atoms with Gasteiger partial charge in [0.2, 0.25) is 0 Å². The zero-order chi connectivity index (χ0) is 14.7. The molecule has 4 aliphatic rings. The monoisotopic (exact) mass is 311 g/mol. The van der Waals surface area contributed by atoms with Crippen molar-refractivity contribution in [1.82, 2.24) is 5.32 Å². The van der Waals surface area contributed by atoms with E-state index >= 15 is 0 Å². The highest BCUT2D eigenvalue weighted by Crippen LogP contribution is 2.61. The van der Waals surface area contributed by atoms with Crippen molar-refractivity contribution in [3.05, 3.63) is 0 Å². The molecule has 4 fully saturated rings. The van der Waals surface area contributed by atoms with E-state index in [1.54, 1.807) is 19.3 Å². The molecule has 1 N–H and O–H groups in total. The fourth-order valence-corrected chi connectivity index (χ4v) is 7.01. The van der Waals surface area contributed by atoms with Crippen molar-refractivity contribution in [2.24, 2.45) is 23.2 Å². The molecular weight excluding hydrogens is 278 g/mol. The summed E-state index contributed by atoms with van der Waals surface area (Å²) in [6.45, 7) is 4.32. The molecule has 0 saturated heterocycles. The molecule has 4 saturated carbocycles. The van der Waals surface area contributed by atoms with Crippen LogP contribution in [0.5, 0.6) is 0 Å². The summed E-state index contributed by atoms with van der Waals surface area (Å²) in [5.74, 6) is 5.76. The van der Waals surface area contributed by atoms with Crippen LogP contribution < -0.4 is 5.32 Å². The topological polar surface area (TPSA) is 21.3 Å². The van der Waals surface area contributed by atoms with E-state index < -0.39 is 0 Å². The van der Waals surface area contributed by atoms with Crippen LogP contribution in [0.3, 0.4) is 0 Å². The van der Waals surface area contributed by atoms with Crippen molar-refractivity contribution in [1.29, 1.82) is 0 Å². The first-order valence-electron chi connectivity index (χ1n) is 9.06. The third-order valence-electron chi connectivity index (χ3n) is 6.20. The first-order valence-corrected chi connectivity index (χ1v) is 10.2. The number of ether oxygens (including phenoxy) is 1. The lowest BCUT2D eigenvalue weighted by molar-refractivity contribution is -0.0691. The fourth-order valence-electron chi connectivity index (χ4n) is 5.81. The minimum atomic E-state index is 0.652. The van der Waals surface area contributed by atoms with Gasteiger partial charge < -0.3 is 10.1 Å². The van der Waals surface area contributed by atoms with Gasteiger partial charge in [-0.05, 0) is 80.4 Å². The van der Waals surface area contributed by atoms with Gasteiger partial charge in [0, 0.05) is 25.5 Å². The Hall–Kier alpha value is 0.270. The molecule has 0 spiro atoms. The zero-order valence-electron chi connectivity index (χ0n) is 13.9. The SMILES string of the molecule is CCNC(CSCCCOC)C12CC3CC(CC(C3)C1)C2. The Morgan fingerprint density at radius 3 is 2.29 bits per heavy atom. The van der Waals surface area contributed by atoms with Gasteiger partial charge in [0.15, 0.2) is 0 Å². The van der Waals surface area contributed by atoms with E-state index in [2.05, 4.69) is 24.0 Å². The van der Waals surface area contributed by atoms with Gasteiger partial charge in [0.05, 0.1) is 0 Å². The average molecular weight is 312 g/mol. The number of thioether (sulfide) groups is 1. The molecule has 4 rings (SSSR count). The predicted molar refractivity (Wildman–Crippen MR) is 91.9 cm³/mol. The minimum Gasteiger partial charge on any atom is -0.385 e. The van der Waals surface area contributed by atoms with Gasteiger partial charge in [-0.15, -0.1) is 0 Å². The Bertz CT molecular complexity index is 298. The second-order valence-corrected chi connectivity index (χ2v) is 8.96. The predicted octanol–water partition coefficient (Wildman–Crippen LogP) is 3.95. The molecular formula is C18H33NOS. The quantitative estimate of drug-likeness (QED) is 0.652. The molecule has 0 aliphatic heterocycles. The molecule has 1 unspecified atom stereocenters. The van der Waals surface area contributed by atoms with Crippen molar-refractivity contribution in [3.63, 3.8) is 0 Å². The van der Waals surface area contributed by atoms with Crippen molar-refractivity contribution >= 4 is 11.8 Å². The highest BCUT2D eigenvalue weighted by atomic mass is 32.2. The minimum absolute atomic E-state index is 0.652. The molecule has 21 heavy (non-hydrogen) atoms. The van der Waals surface area contributed by atoms with Gasteiger partial charge in [-0.1, -0.05) is 6.92 Å². The Morgan fingerprint density at radius 2 is 1.76 bits per heavy atom. The van der Waals surface area contributed by atoms with Crippen LogP contribution in [0.4, 0.5) is 0 Å². The third kappa shape index (κ3) is 3.61. The Balaban J connectivity index is 1.57. The number of hydrogen-bond acceptors (Lipinski definition) is 3. The molecule has 0 aromatic heterocycles. The van der Waals surface area contributed by atoms with Crippen LogP contribution in [-0.2, 0) is 4.74 Å². The normalized spacial score (nSPS) is 38.9. The maximum absolute atomic E-state index is 5.17. The number of hydrogen-bond donors (Lipinski definition) is 1. The van der Waals surface area contributed by atoms with Gasteiger partial charge in [-0.25, -0.2) is 0 Å². The van der Waals surface area contributed by atoms with E-state index in [1.165, 1.54) is 37.2 Å². The molecule has 0 aromatic carbocycles. The Labute approximate surface area is 135 Å². The van der Waals surface area contributed by atoms with Crippen LogP contribution >= 0.6 is 11.8 Å². The van der Waals surface area contributed by atoms with Gasteiger partial charge in [-0.2, -0.15) is 11.8 Å². The second kappa shape index (κ2) is 7.23. The smallest absolute Gasteiger partial charge is 0.0470 e. The van der Waals surface area contributed by atoms with Gasteiger partial charge in [0.1, 0.15) is 0 Å². The first kappa shape index (κ1) is 16.1. The first-order chi connectivity index (χ1) is 10.3. The van der Waals surface area contributed by atoms with E-state index in [0.29, 0.717) is 5.41 Å². The third-order valence-corrected chi connectivity index (χ3v) is 7.34. The average Bonchev–Trinajstić information content (AvgIpc) is 2.44. The van der Waals surface area contributed by atoms with Crippen LogP contribution in [0.2, 0.25) is 0 Å². The molecule has 3 heteroatoms. The van der Waals surface area contributed by atoms with E-state index in [-0.39, 0.29) is 0 Å². The number of methoxy groups -OCH3 is 1. The lowest BCUT2D eigenvalue weighted by atomic mass is 9.48. The standard InChI is InChI=1S/C18H33NOS/c1-3-19-17(13-21-6-4-5-20-2)18-10-14-7-15(11-18)9-16(8-14)12-18/h14-17,19H,3-13H2,1-2H3. The number of rotatable bonds is 9. The van der Waals surface area contributed by atoms with Crippen molar-refractivity contribution in [3.8, 4) is 0 Å². The molecule has 4 bridgehead atoms. The maximum Gasteiger partial charge on any atom is 0.0470 e. The summed E-state index contributed by atoms with van der Waals surface area (Å²) in [4.78, 5) is 0. The van der Waals surface area contributed by atoms with Crippen LogP contribution in [-0.4, -0.2) is 37.8 Å². The summed E-state index contributed by atoms with van der Waals surface area (Å²) < 4.78 is 5.17. The summed E-state index contributed by atoms with van der Waals surface area (Å²) in [6.07, 6.45) is 10.4. The van der Waals surface area contributed by atoms with E-state index in [0.717, 1.165) is 36.9 Å². The number of nitrogens with one attached hydrogen (secondary N) is 1. The second-order valence-electron chi connectivity index (χ2n) is 7.81. The van der Waals surface area contributed by atoms with Crippen LogP contribution in [0, 0.1) is 23.2 Å². The van der Waals surface area contributed by atoms with Gasteiger partial charge in [-0.3, -0.25) is 0 Å². The largest absolute Gasteiger partial charge is 0.385 e. The molecule has 1 atom stereocenters. The Kier molecular flexibility index (Phi) is 5.55. The lowest BCUT2D eigenvalue weighted by Crippen LogP contribution is -2.56. The van der Waals surface area contributed by atoms with E-state index in [1.807, 2.05) is 7.11 Å². The maximum atomic E-state index is 5.17. The molecule has 0 heterocycles. The van der Waals surface area contributed by atoms with Gasteiger partial charge in [0.25, 0.3) is 0 Å². The molecule has 4 aliphatic carbocycles. The fraction of sp³-hybridized carbons (Fsp3) is 1.00. The van der Waals surface area contributed by atoms with Crippen molar-refractivity contribution < 1.29 is 4.74 Å². The van der Waals surface area contributed by atoms with Crippen LogP contribution in [0.25, 0.3) is 0 Å². The summed E-state index contributed by atoms with van der Waals surface area (Å²) in [5.41, 5.74) is 0.652. The van der Waals surface area contributed by atoms with Crippen LogP contribution in [0.1, 0.15) is 51.9 Å². The summed E-state index contributed by atoms with van der Waals surface area (Å²) >= 11 is 2.15.